The number of fused-ring (bicyclic) bond motifs is 1. The number of amides is 1. The van der Waals surface area contributed by atoms with Crippen molar-refractivity contribution in [3.8, 4) is 0 Å². The average Bonchev–Trinajstić information content (AvgIpc) is 3.46. The first-order chi connectivity index (χ1) is 24.3. The molecule has 4 N–H and O–H groups in total. The van der Waals surface area contributed by atoms with E-state index >= 15 is 0 Å². The van der Waals surface area contributed by atoms with Gasteiger partial charge in [0.2, 0.25) is 12.2 Å². The third-order valence-electron chi connectivity index (χ3n) is 9.67. The molecule has 0 bridgehead atoms. The third kappa shape index (κ3) is 19.2. The highest BCUT2D eigenvalue weighted by molar-refractivity contribution is 5.76. The Labute approximate surface area is 313 Å². The number of aliphatic imine (C=N–C) groups is 1. The fourth-order valence-electron chi connectivity index (χ4n) is 6.13. The van der Waals surface area contributed by atoms with E-state index in [-0.39, 0.29) is 108 Å². The molecule has 3 heterocycles. The molecule has 0 aromatic heterocycles. The van der Waals surface area contributed by atoms with Crippen molar-refractivity contribution in [2.45, 2.75) is 150 Å². The summed E-state index contributed by atoms with van der Waals surface area (Å²) in [4.78, 5) is 38.0. The van der Waals surface area contributed by atoms with Gasteiger partial charge in [0.15, 0.2) is 12.2 Å². The van der Waals surface area contributed by atoms with Gasteiger partial charge in [0, 0.05) is 62.5 Å². The number of rotatable bonds is 18. The van der Waals surface area contributed by atoms with Crippen LogP contribution in [0.25, 0.3) is 0 Å². The molecule has 0 saturated carbocycles. The standard InChI is InChI=1S/C20H37NO6.C12H19NO4.C5H12O2.B/c1-14-15(2)19(21-16(3)23)20(27-18(14)13-26-17(4)24)25-12-10-8-6-5-7-9-11-22;1-6-7(2)11-12(16-8(3)13-11)17-10(6)5-15-9(4)14;6-4-2-1-3-5-7;/h14-15,18-20,22H,5-13H2,1-4H3,(H,21,23);6-7,10-12H,5H2,1-4H3;6-7H,1-5H2;. The van der Waals surface area contributed by atoms with Crippen LogP contribution in [0.4, 0.5) is 0 Å². The third-order valence-corrected chi connectivity index (χ3v) is 9.67. The summed E-state index contributed by atoms with van der Waals surface area (Å²) >= 11 is 0. The lowest BCUT2D eigenvalue weighted by Gasteiger charge is -2.44. The summed E-state index contributed by atoms with van der Waals surface area (Å²) in [6.07, 6.45) is 7.49. The van der Waals surface area contributed by atoms with E-state index in [1.54, 1.807) is 0 Å². The summed E-state index contributed by atoms with van der Waals surface area (Å²) in [5.74, 6) is 0.835. The van der Waals surface area contributed by atoms with Crippen LogP contribution < -0.4 is 5.32 Å². The molecule has 52 heavy (non-hydrogen) atoms. The van der Waals surface area contributed by atoms with E-state index in [0.717, 1.165) is 57.8 Å². The fourth-order valence-corrected chi connectivity index (χ4v) is 6.13. The van der Waals surface area contributed by atoms with Gasteiger partial charge in [-0.1, -0.05) is 53.4 Å². The van der Waals surface area contributed by atoms with Crippen LogP contribution in [-0.4, -0.2) is 124 Å². The molecule has 14 nitrogen and oxygen atoms in total. The topological polar surface area (TPSA) is 192 Å². The highest BCUT2D eigenvalue weighted by Gasteiger charge is 2.46. The van der Waals surface area contributed by atoms with Crippen molar-refractivity contribution in [1.29, 1.82) is 0 Å². The minimum absolute atomic E-state index is 0. The van der Waals surface area contributed by atoms with Crippen molar-refractivity contribution in [1.82, 2.24) is 5.32 Å². The SMILES string of the molecule is CC(=O)NC1C(OCCCCCCCCO)OC(COC(C)=O)C(C)C1C.CC(=O)OCC1OC2OC(C)=NC2C(C)C1C.OCCCCCO.[B]. The number of ether oxygens (including phenoxy) is 6. The molecule has 2 saturated heterocycles. The van der Waals surface area contributed by atoms with Crippen molar-refractivity contribution in [3.63, 3.8) is 0 Å². The number of hydrogen-bond donors (Lipinski definition) is 4. The van der Waals surface area contributed by atoms with Gasteiger partial charge in [-0.05, 0) is 55.8 Å². The molecule has 301 valence electrons. The number of hydrogen-bond acceptors (Lipinski definition) is 13. The van der Waals surface area contributed by atoms with Crippen LogP contribution in [0, 0.1) is 23.7 Å². The number of nitrogens with zero attached hydrogens (tertiary/aromatic N) is 1. The number of unbranched alkanes of at least 4 members (excludes halogenated alkanes) is 7. The summed E-state index contributed by atoms with van der Waals surface area (Å²) in [5, 5.41) is 28.2. The Kier molecular flexibility index (Phi) is 26.9. The Bertz CT molecular complexity index is 1020. The number of carbonyl (C=O) groups is 3. The van der Waals surface area contributed by atoms with E-state index in [9.17, 15) is 14.4 Å². The van der Waals surface area contributed by atoms with Crippen LogP contribution in [0.3, 0.4) is 0 Å². The van der Waals surface area contributed by atoms with Crippen molar-refractivity contribution in [3.05, 3.63) is 0 Å². The largest absolute Gasteiger partial charge is 0.463 e. The molecule has 2 fully saturated rings. The van der Waals surface area contributed by atoms with Crippen LogP contribution in [0.5, 0.6) is 0 Å². The predicted octanol–water partition coefficient (Wildman–Crippen LogP) is 3.53. The summed E-state index contributed by atoms with van der Waals surface area (Å²) in [6, 6.07) is -0.158. The highest BCUT2D eigenvalue weighted by Crippen LogP contribution is 2.36. The molecular formula is C37H68BN2O12. The lowest BCUT2D eigenvalue weighted by atomic mass is 9.82. The second kappa shape index (κ2) is 28.2. The maximum atomic E-state index is 11.6. The number of aliphatic hydroxyl groups is 3. The zero-order valence-corrected chi connectivity index (χ0v) is 32.9. The van der Waals surface area contributed by atoms with Gasteiger partial charge in [-0.2, -0.15) is 0 Å². The van der Waals surface area contributed by atoms with E-state index in [0.29, 0.717) is 18.4 Å². The number of esters is 2. The van der Waals surface area contributed by atoms with Gasteiger partial charge in [0.05, 0.1) is 18.2 Å². The number of carbonyl (C=O) groups excluding carboxylic acids is 3. The van der Waals surface area contributed by atoms with E-state index in [1.165, 1.54) is 20.8 Å². The lowest BCUT2D eigenvalue weighted by Crippen LogP contribution is -2.58. The molecule has 1 amide bonds. The maximum absolute atomic E-state index is 11.6. The van der Waals surface area contributed by atoms with E-state index in [1.807, 2.05) is 13.8 Å². The molecule has 3 rings (SSSR count). The van der Waals surface area contributed by atoms with Crippen molar-refractivity contribution < 1.29 is 58.1 Å². The van der Waals surface area contributed by atoms with Crippen molar-refractivity contribution in [2.75, 3.05) is 39.6 Å². The second-order valence-corrected chi connectivity index (χ2v) is 13.8. The van der Waals surface area contributed by atoms with E-state index in [4.69, 9.17) is 43.7 Å². The lowest BCUT2D eigenvalue weighted by molar-refractivity contribution is -0.244. The van der Waals surface area contributed by atoms with Crippen molar-refractivity contribution >= 4 is 32.2 Å². The molecule has 0 aromatic carbocycles. The number of nitrogens with one attached hydrogen (secondary N) is 1. The first kappa shape index (κ1) is 49.7. The van der Waals surface area contributed by atoms with Crippen LogP contribution in [-0.2, 0) is 42.8 Å². The van der Waals surface area contributed by atoms with Gasteiger partial charge in [-0.15, -0.1) is 0 Å². The van der Waals surface area contributed by atoms with Gasteiger partial charge in [-0.25, -0.2) is 4.99 Å². The van der Waals surface area contributed by atoms with Crippen LogP contribution in [0.15, 0.2) is 4.99 Å². The molecule has 3 radical (unpaired) electrons. The van der Waals surface area contributed by atoms with Gasteiger partial charge in [-0.3, -0.25) is 14.4 Å². The summed E-state index contributed by atoms with van der Waals surface area (Å²) in [6.45, 7) is 16.2. The molecule has 10 unspecified atom stereocenters. The quantitative estimate of drug-likeness (QED) is 0.0909. The Morgan fingerprint density at radius 2 is 1.15 bits per heavy atom. The molecule has 15 heteroatoms. The minimum Gasteiger partial charge on any atom is -0.463 e. The predicted molar refractivity (Wildman–Crippen MR) is 197 cm³/mol. The van der Waals surface area contributed by atoms with Gasteiger partial charge >= 0.3 is 11.9 Å². The van der Waals surface area contributed by atoms with Crippen LogP contribution >= 0.6 is 0 Å². The monoisotopic (exact) mass is 743 g/mol. The van der Waals surface area contributed by atoms with E-state index < -0.39 is 6.29 Å². The summed E-state index contributed by atoms with van der Waals surface area (Å²) < 4.78 is 33.5. The van der Waals surface area contributed by atoms with Gasteiger partial charge in [0.1, 0.15) is 19.3 Å². The van der Waals surface area contributed by atoms with E-state index in [2.05, 4.69) is 31.1 Å². The highest BCUT2D eigenvalue weighted by atomic mass is 16.7. The molecule has 0 aliphatic carbocycles. The Balaban J connectivity index is 0.000000881. The van der Waals surface area contributed by atoms with Crippen LogP contribution in [0.1, 0.15) is 113 Å². The normalized spacial score (nSPS) is 28.9. The smallest absolute Gasteiger partial charge is 0.302 e. The Hall–Kier alpha value is -2.30. The second-order valence-electron chi connectivity index (χ2n) is 13.8. The molecular weight excluding hydrogens is 675 g/mol. The first-order valence-corrected chi connectivity index (χ1v) is 18.8. The Morgan fingerprint density at radius 3 is 1.65 bits per heavy atom. The zero-order valence-electron chi connectivity index (χ0n) is 32.9. The van der Waals surface area contributed by atoms with Crippen LogP contribution in [0.2, 0.25) is 0 Å². The summed E-state index contributed by atoms with van der Waals surface area (Å²) in [5.41, 5.74) is 0. The molecule has 3 aliphatic rings. The minimum atomic E-state index is -0.546. The molecule has 10 atom stereocenters. The number of aliphatic hydroxyl groups excluding tert-OH is 3. The Morgan fingerprint density at radius 1 is 0.692 bits per heavy atom. The van der Waals surface area contributed by atoms with Gasteiger partial charge in [0.25, 0.3) is 0 Å². The molecule has 0 spiro atoms. The molecule has 3 aliphatic heterocycles. The first-order valence-electron chi connectivity index (χ1n) is 18.8. The molecule has 0 aromatic rings. The van der Waals surface area contributed by atoms with Gasteiger partial charge < -0.3 is 49.1 Å². The fraction of sp³-hybridized carbons (Fsp3) is 0.892. The van der Waals surface area contributed by atoms with Crippen molar-refractivity contribution in [2.24, 2.45) is 28.7 Å². The average molecular weight is 744 g/mol. The zero-order chi connectivity index (χ0) is 38.3. The maximum Gasteiger partial charge on any atom is 0.302 e. The summed E-state index contributed by atoms with van der Waals surface area (Å²) in [7, 11) is 0.